The molecule has 29 heavy (non-hydrogen) atoms. The maximum Gasteiger partial charge on any atom is 0.451 e. The lowest BCUT2D eigenvalue weighted by Gasteiger charge is -2.19. The van der Waals surface area contributed by atoms with Gasteiger partial charge in [-0.15, -0.1) is 5.10 Å². The van der Waals surface area contributed by atoms with Crippen LogP contribution in [0.25, 0.3) is 0 Å². The van der Waals surface area contributed by atoms with E-state index in [0.29, 0.717) is 11.1 Å². The van der Waals surface area contributed by atoms with Gasteiger partial charge in [0.25, 0.3) is 0 Å². The molecule has 0 radical (unpaired) electrons. The Hall–Kier alpha value is -2.47. The van der Waals surface area contributed by atoms with Gasteiger partial charge in [-0.25, -0.2) is 13.1 Å². The largest absolute Gasteiger partial charge is 0.451 e. The van der Waals surface area contributed by atoms with Gasteiger partial charge in [-0.2, -0.15) is 18.2 Å². The van der Waals surface area contributed by atoms with Crippen molar-refractivity contribution in [1.82, 2.24) is 19.9 Å². The molecule has 3 N–H and O–H groups in total. The van der Waals surface area contributed by atoms with Crippen LogP contribution in [0.3, 0.4) is 0 Å². The van der Waals surface area contributed by atoms with Crippen LogP contribution in [0.4, 0.5) is 19.1 Å². The second kappa shape index (κ2) is 8.11. The molecule has 0 spiro atoms. The predicted octanol–water partition coefficient (Wildman–Crippen LogP) is 2.67. The minimum Gasteiger partial charge on any atom is -0.293 e. The van der Waals surface area contributed by atoms with Crippen LogP contribution in [-0.4, -0.2) is 36.1 Å². The number of benzene rings is 1. The first kappa shape index (κ1) is 22.8. The summed E-state index contributed by atoms with van der Waals surface area (Å²) < 4.78 is 65.2. The van der Waals surface area contributed by atoms with Crippen LogP contribution in [0.1, 0.15) is 40.1 Å². The maximum absolute atomic E-state index is 12.7. The van der Waals surface area contributed by atoms with Crippen LogP contribution >= 0.6 is 0 Å². The third-order valence-corrected chi connectivity index (χ3v) is 6.58. The molecule has 1 aromatic carbocycles. The van der Waals surface area contributed by atoms with E-state index in [1.807, 2.05) is 20.8 Å². The molecule has 1 heterocycles. The molecule has 0 unspecified atom stereocenters. The molecule has 1 aromatic heterocycles. The smallest absolute Gasteiger partial charge is 0.293 e. The Morgan fingerprint density at radius 2 is 1.52 bits per heavy atom. The number of alkyl halides is 3. The highest BCUT2D eigenvalue weighted by atomic mass is 32.2. The number of carbonyl (C=O) groups is 1. The zero-order valence-electron chi connectivity index (χ0n) is 16.6. The van der Waals surface area contributed by atoms with Crippen LogP contribution < -0.4 is 10.0 Å². The number of rotatable bonds is 6. The number of aromatic amines is 1. The lowest BCUT2D eigenvalue weighted by Crippen LogP contribution is -2.29. The van der Waals surface area contributed by atoms with Gasteiger partial charge in [-0.1, -0.05) is 0 Å². The summed E-state index contributed by atoms with van der Waals surface area (Å²) in [6.07, 6.45) is -5.03. The Morgan fingerprint density at radius 3 is 2.00 bits per heavy atom. The zero-order valence-corrected chi connectivity index (χ0v) is 17.4. The highest BCUT2D eigenvalue weighted by Gasteiger charge is 2.35. The summed E-state index contributed by atoms with van der Waals surface area (Å²) in [7, 11) is -3.88. The summed E-state index contributed by atoms with van der Waals surface area (Å²) in [5.74, 6) is -2.61. The number of hydrogen-bond donors (Lipinski definition) is 3. The topological polar surface area (TPSA) is 117 Å². The second-order valence-corrected chi connectivity index (χ2v) is 8.36. The van der Waals surface area contributed by atoms with Crippen molar-refractivity contribution in [2.45, 2.75) is 52.1 Å². The normalized spacial score (nSPS) is 12.3. The monoisotopic (exact) mass is 433 g/mol. The van der Waals surface area contributed by atoms with Gasteiger partial charge in [0, 0.05) is 13.0 Å². The van der Waals surface area contributed by atoms with Crippen molar-refractivity contribution in [3.05, 3.63) is 33.6 Å². The number of nitrogens with one attached hydrogen (secondary N) is 3. The van der Waals surface area contributed by atoms with E-state index in [1.54, 1.807) is 18.9 Å². The number of sulfonamides is 1. The van der Waals surface area contributed by atoms with Crippen molar-refractivity contribution in [2.75, 3.05) is 11.9 Å². The molecule has 0 aliphatic carbocycles. The molecule has 2 rings (SSSR count). The van der Waals surface area contributed by atoms with Crippen LogP contribution in [0.2, 0.25) is 0 Å². The quantitative estimate of drug-likeness (QED) is 0.648. The molecule has 0 bridgehead atoms. The first-order valence-electron chi connectivity index (χ1n) is 8.61. The summed E-state index contributed by atoms with van der Waals surface area (Å²) in [6, 6.07) is 0. The summed E-state index contributed by atoms with van der Waals surface area (Å²) in [5, 5.41) is 7.00. The number of carbonyl (C=O) groups excluding carboxylic acids is 1. The highest BCUT2D eigenvalue weighted by molar-refractivity contribution is 7.89. The molecule has 8 nitrogen and oxygen atoms in total. The Labute approximate surface area is 166 Å². The number of H-pyrrole nitrogens is 1. The van der Waals surface area contributed by atoms with Gasteiger partial charge in [-0.3, -0.25) is 15.2 Å². The van der Waals surface area contributed by atoms with Gasteiger partial charge in [0.05, 0.1) is 4.90 Å². The van der Waals surface area contributed by atoms with Crippen LogP contribution in [-0.2, 0) is 21.0 Å². The molecule has 1 amide bonds. The molecule has 0 aliphatic heterocycles. The van der Waals surface area contributed by atoms with E-state index in [9.17, 15) is 26.4 Å². The Bertz CT molecular complexity index is 1020. The number of nitrogens with zero attached hydrogens (tertiary/aromatic N) is 2. The number of halogens is 3. The zero-order chi connectivity index (χ0) is 22.1. The predicted molar refractivity (Wildman–Crippen MR) is 99.9 cm³/mol. The van der Waals surface area contributed by atoms with E-state index in [1.165, 1.54) is 0 Å². The molecule has 160 valence electrons. The van der Waals surface area contributed by atoms with Crippen molar-refractivity contribution >= 4 is 21.9 Å². The SMILES string of the molecule is Cc1c(C)c(C)c(S(=O)(=O)NCCC(=O)Nc2n[nH]c(C(F)(F)F)n2)c(C)c1C. The number of amides is 1. The average Bonchev–Trinajstić information content (AvgIpc) is 3.06. The number of hydrogen-bond acceptors (Lipinski definition) is 5. The summed E-state index contributed by atoms with van der Waals surface area (Å²) in [6.45, 7) is 8.81. The summed E-state index contributed by atoms with van der Waals surface area (Å²) in [4.78, 5) is 15.1. The highest BCUT2D eigenvalue weighted by Crippen LogP contribution is 2.29. The van der Waals surface area contributed by atoms with Crippen LogP contribution in [0.15, 0.2) is 4.90 Å². The molecular formula is C17H22F3N5O3S. The van der Waals surface area contributed by atoms with Gasteiger partial charge in [-0.05, 0) is 62.4 Å². The molecule has 12 heteroatoms. The van der Waals surface area contributed by atoms with E-state index >= 15 is 0 Å². The van der Waals surface area contributed by atoms with Gasteiger partial charge < -0.3 is 0 Å². The standard InChI is InChI=1S/C17H22F3N5O3S/c1-8-9(2)11(4)14(12(5)10(8)3)29(27,28)21-7-6-13(26)22-16-23-15(24-25-16)17(18,19)20/h21H,6-7H2,1-5H3,(H2,22,23,24,25,26). The molecule has 0 atom stereocenters. The molecule has 0 fully saturated rings. The lowest BCUT2D eigenvalue weighted by atomic mass is 9.95. The maximum atomic E-state index is 12.7. The van der Waals surface area contributed by atoms with Crippen molar-refractivity contribution in [1.29, 1.82) is 0 Å². The fourth-order valence-corrected chi connectivity index (χ4v) is 4.50. The molecule has 0 saturated carbocycles. The van der Waals surface area contributed by atoms with E-state index in [-0.39, 0.29) is 17.9 Å². The van der Waals surface area contributed by atoms with Crippen LogP contribution in [0, 0.1) is 34.6 Å². The van der Waals surface area contributed by atoms with Crippen molar-refractivity contribution < 1.29 is 26.4 Å². The second-order valence-electron chi connectivity index (χ2n) is 6.66. The van der Waals surface area contributed by atoms with Gasteiger partial charge >= 0.3 is 6.18 Å². The van der Waals surface area contributed by atoms with Gasteiger partial charge in [0.15, 0.2) is 0 Å². The summed E-state index contributed by atoms with van der Waals surface area (Å²) in [5.41, 5.74) is 4.02. The van der Waals surface area contributed by atoms with Gasteiger partial charge in [0.2, 0.25) is 27.7 Å². The van der Waals surface area contributed by atoms with Gasteiger partial charge in [0.1, 0.15) is 0 Å². The third kappa shape index (κ3) is 4.93. The van der Waals surface area contributed by atoms with Crippen molar-refractivity contribution in [3.8, 4) is 0 Å². The summed E-state index contributed by atoms with van der Waals surface area (Å²) >= 11 is 0. The van der Waals surface area contributed by atoms with E-state index < -0.39 is 33.9 Å². The molecular weight excluding hydrogens is 411 g/mol. The molecule has 0 saturated heterocycles. The number of anilines is 1. The minimum atomic E-state index is -4.72. The Morgan fingerprint density at radius 1 is 1.00 bits per heavy atom. The molecule has 0 aliphatic rings. The molecule has 2 aromatic rings. The van der Waals surface area contributed by atoms with Crippen molar-refractivity contribution in [3.63, 3.8) is 0 Å². The van der Waals surface area contributed by atoms with E-state index in [4.69, 9.17) is 0 Å². The fourth-order valence-electron chi connectivity index (χ4n) is 2.87. The minimum absolute atomic E-state index is 0.169. The van der Waals surface area contributed by atoms with Crippen molar-refractivity contribution in [2.24, 2.45) is 0 Å². The Balaban J connectivity index is 2.05. The fraction of sp³-hybridized carbons (Fsp3) is 0.471. The van der Waals surface area contributed by atoms with E-state index in [2.05, 4.69) is 20.1 Å². The van der Waals surface area contributed by atoms with E-state index in [0.717, 1.165) is 16.7 Å². The third-order valence-electron chi connectivity index (χ3n) is 4.85. The first-order valence-corrected chi connectivity index (χ1v) is 10.1. The Kier molecular flexibility index (Phi) is 6.38. The lowest BCUT2D eigenvalue weighted by molar-refractivity contribution is -0.144. The average molecular weight is 433 g/mol. The van der Waals surface area contributed by atoms with Crippen LogP contribution in [0.5, 0.6) is 0 Å². The number of aromatic nitrogens is 3. The first-order chi connectivity index (χ1) is 13.3.